The van der Waals surface area contributed by atoms with E-state index in [9.17, 15) is 13.2 Å². The second kappa shape index (κ2) is 6.64. The van der Waals surface area contributed by atoms with Gasteiger partial charge in [0.05, 0.1) is 12.6 Å². The lowest BCUT2D eigenvalue weighted by atomic mass is 9.93. The highest BCUT2D eigenvalue weighted by atomic mass is 32.2. The summed E-state index contributed by atoms with van der Waals surface area (Å²) in [7, 11) is -3.31. The van der Waals surface area contributed by atoms with Gasteiger partial charge in [0.15, 0.2) is 0 Å². The Morgan fingerprint density at radius 2 is 1.92 bits per heavy atom. The first-order chi connectivity index (χ1) is 11.4. The Morgan fingerprint density at radius 3 is 2.46 bits per heavy atom. The first-order valence-electron chi connectivity index (χ1n) is 7.78. The number of nitrogens with zero attached hydrogens (tertiary/aromatic N) is 2. The molecular weight excluding hydrogens is 328 g/mol. The molecule has 0 aliphatic carbocycles. The second-order valence-corrected chi connectivity index (χ2v) is 7.77. The zero-order valence-electron chi connectivity index (χ0n) is 13.4. The minimum Gasteiger partial charge on any atom is -0.348 e. The number of aromatic nitrogens is 2. The fraction of sp³-hybridized carbons (Fsp3) is 0.375. The Bertz CT molecular complexity index is 792. The Kier molecular flexibility index (Phi) is 4.57. The number of benzene rings is 1. The van der Waals surface area contributed by atoms with Crippen LogP contribution in [-0.4, -0.2) is 48.5 Å². The maximum absolute atomic E-state index is 12.6. The molecular formula is C16H20N4O3S. The van der Waals surface area contributed by atoms with Gasteiger partial charge in [0, 0.05) is 42.1 Å². The molecule has 0 atom stereocenters. The van der Waals surface area contributed by atoms with E-state index in [1.165, 1.54) is 0 Å². The smallest absolute Gasteiger partial charge is 0.253 e. The molecule has 1 aliphatic rings. The predicted octanol–water partition coefficient (Wildman–Crippen LogP) is 1.80. The van der Waals surface area contributed by atoms with Gasteiger partial charge in [0.25, 0.3) is 5.91 Å². The van der Waals surface area contributed by atoms with Gasteiger partial charge in [-0.1, -0.05) is 0 Å². The molecule has 1 saturated heterocycles. The lowest BCUT2D eigenvalue weighted by Crippen LogP contribution is -2.38. The highest BCUT2D eigenvalue weighted by molar-refractivity contribution is 7.92. The molecule has 0 bridgehead atoms. The number of nitrogens with one attached hydrogen (secondary N) is 2. The highest BCUT2D eigenvalue weighted by Crippen LogP contribution is 2.27. The van der Waals surface area contributed by atoms with Crippen molar-refractivity contribution in [3.05, 3.63) is 48.0 Å². The number of amides is 1. The van der Waals surface area contributed by atoms with E-state index in [0.717, 1.165) is 24.8 Å². The van der Waals surface area contributed by atoms with Gasteiger partial charge in [-0.2, -0.15) is 0 Å². The number of likely N-dealkylation sites (tertiary alicyclic amines) is 1. The van der Waals surface area contributed by atoms with Crippen molar-refractivity contribution in [3.8, 4) is 0 Å². The summed E-state index contributed by atoms with van der Waals surface area (Å²) in [5.41, 5.74) is 2.14. The van der Waals surface area contributed by atoms with Crippen molar-refractivity contribution in [2.45, 2.75) is 18.8 Å². The zero-order valence-corrected chi connectivity index (χ0v) is 14.2. The van der Waals surface area contributed by atoms with Gasteiger partial charge >= 0.3 is 0 Å². The number of piperidine rings is 1. The molecule has 0 unspecified atom stereocenters. The third kappa shape index (κ3) is 3.94. The van der Waals surface area contributed by atoms with Crippen molar-refractivity contribution >= 4 is 21.6 Å². The van der Waals surface area contributed by atoms with Gasteiger partial charge in [-0.05, 0) is 37.1 Å². The largest absolute Gasteiger partial charge is 0.348 e. The molecule has 128 valence electrons. The fourth-order valence-corrected chi connectivity index (χ4v) is 3.53. The summed E-state index contributed by atoms with van der Waals surface area (Å²) in [6.45, 7) is 1.40. The van der Waals surface area contributed by atoms with E-state index >= 15 is 0 Å². The minimum absolute atomic E-state index is 0.0241. The maximum Gasteiger partial charge on any atom is 0.253 e. The Morgan fingerprint density at radius 1 is 1.25 bits per heavy atom. The molecule has 3 rings (SSSR count). The highest BCUT2D eigenvalue weighted by Gasteiger charge is 2.25. The van der Waals surface area contributed by atoms with Gasteiger partial charge in [0.2, 0.25) is 10.0 Å². The van der Waals surface area contributed by atoms with E-state index in [2.05, 4.69) is 14.7 Å². The van der Waals surface area contributed by atoms with Crippen molar-refractivity contribution in [2.24, 2.45) is 0 Å². The summed E-state index contributed by atoms with van der Waals surface area (Å²) in [6, 6.07) is 6.50. The number of anilines is 1. The van der Waals surface area contributed by atoms with Crippen molar-refractivity contribution in [1.82, 2.24) is 14.9 Å². The second-order valence-electron chi connectivity index (χ2n) is 6.03. The van der Waals surface area contributed by atoms with Crippen LogP contribution < -0.4 is 4.72 Å². The van der Waals surface area contributed by atoms with Crippen LogP contribution >= 0.6 is 0 Å². The monoisotopic (exact) mass is 348 g/mol. The van der Waals surface area contributed by atoms with Gasteiger partial charge in [-0.25, -0.2) is 13.4 Å². The summed E-state index contributed by atoms with van der Waals surface area (Å²) in [6.07, 6.45) is 6.42. The fourth-order valence-electron chi connectivity index (χ4n) is 2.96. The van der Waals surface area contributed by atoms with Crippen molar-refractivity contribution in [1.29, 1.82) is 0 Å². The van der Waals surface area contributed by atoms with Crippen LogP contribution in [0.2, 0.25) is 0 Å². The molecule has 7 nitrogen and oxygen atoms in total. The number of H-pyrrole nitrogens is 1. The van der Waals surface area contributed by atoms with Crippen LogP contribution in [0.15, 0.2) is 36.8 Å². The third-order valence-electron chi connectivity index (χ3n) is 4.18. The molecule has 8 heteroatoms. The summed E-state index contributed by atoms with van der Waals surface area (Å²) in [5, 5.41) is 0. The number of aromatic amines is 1. The molecule has 2 aromatic rings. The molecule has 1 aromatic carbocycles. The molecule has 0 spiro atoms. The van der Waals surface area contributed by atoms with Gasteiger partial charge in [-0.3, -0.25) is 9.52 Å². The van der Waals surface area contributed by atoms with Gasteiger partial charge in [-0.15, -0.1) is 0 Å². The standard InChI is InChI=1S/C16H20N4O3S/c1-24(22,23)19-14-4-2-13(3-5-14)16(21)20-8-6-12(7-9-20)15-10-17-11-18-15/h2-5,10-12,19H,6-9H2,1H3,(H,17,18). The van der Waals surface area contributed by atoms with Crippen molar-refractivity contribution in [2.75, 3.05) is 24.1 Å². The minimum atomic E-state index is -3.31. The Balaban J connectivity index is 1.61. The van der Waals surface area contributed by atoms with Crippen LogP contribution in [0.25, 0.3) is 0 Å². The molecule has 0 saturated carbocycles. The van der Waals surface area contributed by atoms with E-state index in [1.54, 1.807) is 30.6 Å². The molecule has 1 fully saturated rings. The van der Waals surface area contributed by atoms with Crippen LogP contribution in [0.3, 0.4) is 0 Å². The molecule has 24 heavy (non-hydrogen) atoms. The quantitative estimate of drug-likeness (QED) is 0.881. The number of sulfonamides is 1. The van der Waals surface area contributed by atoms with Crippen molar-refractivity contribution < 1.29 is 13.2 Å². The average Bonchev–Trinajstić information content (AvgIpc) is 3.08. The van der Waals surface area contributed by atoms with Crippen LogP contribution in [0.5, 0.6) is 0 Å². The van der Waals surface area contributed by atoms with Crippen LogP contribution in [0, 0.1) is 0 Å². The van der Waals surface area contributed by atoms with Gasteiger partial charge < -0.3 is 9.88 Å². The molecule has 2 heterocycles. The predicted molar refractivity (Wildman–Crippen MR) is 91.4 cm³/mol. The summed E-state index contributed by atoms with van der Waals surface area (Å²) < 4.78 is 24.8. The first kappa shape index (κ1) is 16.5. The molecule has 1 amide bonds. The van der Waals surface area contributed by atoms with E-state index in [0.29, 0.717) is 30.3 Å². The molecule has 2 N–H and O–H groups in total. The summed E-state index contributed by atoms with van der Waals surface area (Å²) in [5.74, 6) is 0.391. The number of carbonyl (C=O) groups is 1. The first-order valence-corrected chi connectivity index (χ1v) is 9.67. The normalized spacial score (nSPS) is 16.1. The van der Waals surface area contributed by atoms with Gasteiger partial charge in [0.1, 0.15) is 0 Å². The molecule has 1 aliphatic heterocycles. The SMILES string of the molecule is CS(=O)(=O)Nc1ccc(C(=O)N2CCC(c3cnc[nH]3)CC2)cc1. The maximum atomic E-state index is 12.6. The Labute approximate surface area is 141 Å². The van der Waals surface area contributed by atoms with Crippen LogP contribution in [0.4, 0.5) is 5.69 Å². The number of carbonyl (C=O) groups excluding carboxylic acids is 1. The lowest BCUT2D eigenvalue weighted by Gasteiger charge is -2.31. The number of imidazole rings is 1. The molecule has 1 aromatic heterocycles. The van der Waals surface area contributed by atoms with Crippen LogP contribution in [0.1, 0.15) is 34.8 Å². The van der Waals surface area contributed by atoms with E-state index in [1.807, 2.05) is 11.1 Å². The topological polar surface area (TPSA) is 95.2 Å². The average molecular weight is 348 g/mol. The summed E-state index contributed by atoms with van der Waals surface area (Å²) in [4.78, 5) is 21.6. The van der Waals surface area contributed by atoms with E-state index < -0.39 is 10.0 Å². The lowest BCUT2D eigenvalue weighted by molar-refractivity contribution is 0.0712. The van der Waals surface area contributed by atoms with Crippen LogP contribution in [-0.2, 0) is 10.0 Å². The molecule has 0 radical (unpaired) electrons. The van der Waals surface area contributed by atoms with E-state index in [4.69, 9.17) is 0 Å². The number of hydrogen-bond acceptors (Lipinski definition) is 4. The zero-order chi connectivity index (χ0) is 17.2. The van der Waals surface area contributed by atoms with E-state index in [-0.39, 0.29) is 5.91 Å². The number of rotatable bonds is 4. The Hall–Kier alpha value is -2.35. The summed E-state index contributed by atoms with van der Waals surface area (Å²) >= 11 is 0. The van der Waals surface area contributed by atoms with Crippen molar-refractivity contribution in [3.63, 3.8) is 0 Å². The number of hydrogen-bond donors (Lipinski definition) is 2. The third-order valence-corrected chi connectivity index (χ3v) is 4.78.